The summed E-state index contributed by atoms with van der Waals surface area (Å²) in [5.74, 6) is -0.0841. The number of ether oxygens (including phenoxy) is 1. The van der Waals surface area contributed by atoms with Gasteiger partial charge in [-0.3, -0.25) is 0 Å². The maximum absolute atomic E-state index is 10.1. The molecule has 2 aromatic rings. The van der Waals surface area contributed by atoms with Crippen molar-refractivity contribution in [1.82, 2.24) is 0 Å². The van der Waals surface area contributed by atoms with Gasteiger partial charge in [0.05, 0.1) is 18.7 Å². The van der Waals surface area contributed by atoms with Gasteiger partial charge in [0.2, 0.25) is 0 Å². The second-order valence-corrected chi connectivity index (χ2v) is 4.66. The number of hydrogen-bond donors (Lipinski definition) is 1. The molecule has 0 atom stereocenters. The highest BCUT2D eigenvalue weighted by molar-refractivity contribution is 5.62. The molecule has 2 aromatic carbocycles. The smallest absolute Gasteiger partial charge is 0.176 e. The molecule has 0 unspecified atom stereocenters. The van der Waals surface area contributed by atoms with Gasteiger partial charge in [-0.1, -0.05) is 24.3 Å². The van der Waals surface area contributed by atoms with Gasteiger partial charge in [-0.25, -0.2) is 0 Å². The van der Waals surface area contributed by atoms with E-state index in [-0.39, 0.29) is 17.1 Å². The van der Waals surface area contributed by atoms with Gasteiger partial charge in [0.15, 0.2) is 11.5 Å². The van der Waals surface area contributed by atoms with E-state index in [1.54, 1.807) is 0 Å². The average Bonchev–Trinajstić information content (AvgIpc) is 2.50. The van der Waals surface area contributed by atoms with Crippen molar-refractivity contribution in [2.24, 2.45) is 0 Å². The number of aromatic hydroxyl groups is 1. The van der Waals surface area contributed by atoms with Crippen molar-refractivity contribution in [3.05, 3.63) is 58.1 Å². The van der Waals surface area contributed by atoms with Crippen LogP contribution in [0.5, 0.6) is 11.5 Å². The van der Waals surface area contributed by atoms with Crippen LogP contribution in [0.3, 0.4) is 0 Å². The van der Waals surface area contributed by atoms with Crippen LogP contribution < -0.4 is 4.74 Å². The van der Waals surface area contributed by atoms with Gasteiger partial charge >= 0.3 is 0 Å². The minimum atomic E-state index is -0.220. The fourth-order valence-corrected chi connectivity index (χ4v) is 2.25. The van der Waals surface area contributed by atoms with Gasteiger partial charge in [-0.05, 0) is 23.6 Å². The third-order valence-electron chi connectivity index (χ3n) is 3.45. The molecule has 0 saturated carbocycles. The Morgan fingerprint density at radius 1 is 1.19 bits per heavy atom. The van der Waals surface area contributed by atoms with Crippen LogP contribution in [-0.2, 0) is 6.42 Å². The Labute approximate surface area is 123 Å². The lowest BCUT2D eigenvalue weighted by molar-refractivity contribution is 0.372. The van der Waals surface area contributed by atoms with Crippen LogP contribution in [0.1, 0.15) is 27.8 Å². The number of nitrogens with zero attached hydrogens (tertiary/aromatic N) is 2. The first kappa shape index (κ1) is 14.4. The molecule has 0 aliphatic rings. The van der Waals surface area contributed by atoms with Gasteiger partial charge < -0.3 is 9.84 Å². The fraction of sp³-hybridized carbons (Fsp3) is 0.176. The fourth-order valence-electron chi connectivity index (χ4n) is 2.25. The Bertz CT molecular complexity index is 768. The summed E-state index contributed by atoms with van der Waals surface area (Å²) in [5.41, 5.74) is 3.03. The monoisotopic (exact) mass is 278 g/mol. The molecule has 0 aliphatic carbocycles. The van der Waals surface area contributed by atoms with Gasteiger partial charge in [-0.2, -0.15) is 10.5 Å². The van der Waals surface area contributed by atoms with Crippen LogP contribution in [-0.4, -0.2) is 12.2 Å². The van der Waals surface area contributed by atoms with Crippen molar-refractivity contribution in [3.8, 4) is 23.6 Å². The zero-order valence-electron chi connectivity index (χ0n) is 11.8. The maximum Gasteiger partial charge on any atom is 0.176 e. The summed E-state index contributed by atoms with van der Waals surface area (Å²) in [6.07, 6.45) is 0.413. The summed E-state index contributed by atoms with van der Waals surface area (Å²) in [7, 11) is 1.39. The van der Waals surface area contributed by atoms with Crippen molar-refractivity contribution in [2.75, 3.05) is 7.11 Å². The highest BCUT2D eigenvalue weighted by Crippen LogP contribution is 2.35. The van der Waals surface area contributed by atoms with Gasteiger partial charge in [0.1, 0.15) is 11.6 Å². The van der Waals surface area contributed by atoms with E-state index < -0.39 is 0 Å². The Balaban J connectivity index is 2.64. The van der Waals surface area contributed by atoms with Crippen LogP contribution in [0.2, 0.25) is 0 Å². The standard InChI is InChI=1S/C17H14N2O2/c1-11-5-3-4-6-12(11)7-14-13(9-18)8-16(21-2)17(20)15(14)10-19/h3-6,8,20H,7H2,1-2H3. The maximum atomic E-state index is 10.1. The van der Waals surface area contributed by atoms with E-state index in [1.165, 1.54) is 13.2 Å². The minimum absolute atomic E-state index is 0.0918. The molecule has 0 aromatic heterocycles. The summed E-state index contributed by atoms with van der Waals surface area (Å²) < 4.78 is 5.01. The summed E-state index contributed by atoms with van der Waals surface area (Å²) >= 11 is 0. The van der Waals surface area contributed by atoms with Crippen LogP contribution >= 0.6 is 0 Å². The van der Waals surface area contributed by atoms with Crippen molar-refractivity contribution in [3.63, 3.8) is 0 Å². The molecule has 0 fully saturated rings. The lowest BCUT2D eigenvalue weighted by Crippen LogP contribution is -2.01. The first-order valence-corrected chi connectivity index (χ1v) is 6.40. The lowest BCUT2D eigenvalue weighted by atomic mass is 9.93. The molecule has 0 spiro atoms. The summed E-state index contributed by atoms with van der Waals surface area (Å²) in [4.78, 5) is 0. The average molecular weight is 278 g/mol. The predicted octanol–water partition coefficient (Wildman–Crippen LogP) is 3.04. The van der Waals surface area contributed by atoms with Crippen LogP contribution in [0, 0.1) is 29.6 Å². The number of methoxy groups -OCH3 is 1. The number of rotatable bonds is 3. The van der Waals surface area contributed by atoms with Crippen LogP contribution in [0.4, 0.5) is 0 Å². The normalized spacial score (nSPS) is 9.71. The second kappa shape index (κ2) is 5.98. The predicted molar refractivity (Wildman–Crippen MR) is 78.1 cm³/mol. The summed E-state index contributed by atoms with van der Waals surface area (Å²) in [5, 5.41) is 28.7. The van der Waals surface area contributed by atoms with E-state index >= 15 is 0 Å². The van der Waals surface area contributed by atoms with Crippen LogP contribution in [0.15, 0.2) is 30.3 Å². The third kappa shape index (κ3) is 2.66. The lowest BCUT2D eigenvalue weighted by Gasteiger charge is -2.13. The first-order valence-electron chi connectivity index (χ1n) is 6.40. The molecule has 0 amide bonds. The number of aryl methyl sites for hydroxylation is 1. The molecule has 0 heterocycles. The number of phenols is 1. The summed E-state index contributed by atoms with van der Waals surface area (Å²) in [6.45, 7) is 1.97. The molecule has 2 rings (SSSR count). The highest BCUT2D eigenvalue weighted by Gasteiger charge is 2.19. The van der Waals surface area contributed by atoms with E-state index in [0.29, 0.717) is 17.5 Å². The van der Waals surface area contributed by atoms with Crippen molar-refractivity contribution < 1.29 is 9.84 Å². The molecule has 0 saturated heterocycles. The molecule has 0 radical (unpaired) electrons. The van der Waals surface area contributed by atoms with Crippen molar-refractivity contribution >= 4 is 0 Å². The van der Waals surface area contributed by atoms with E-state index in [9.17, 15) is 15.6 Å². The topological polar surface area (TPSA) is 77.0 Å². The highest BCUT2D eigenvalue weighted by atomic mass is 16.5. The number of benzene rings is 2. The molecule has 4 heteroatoms. The van der Waals surface area contributed by atoms with E-state index in [2.05, 4.69) is 6.07 Å². The largest absolute Gasteiger partial charge is 0.503 e. The molecule has 0 bridgehead atoms. The Morgan fingerprint density at radius 3 is 2.48 bits per heavy atom. The Morgan fingerprint density at radius 2 is 1.90 bits per heavy atom. The SMILES string of the molecule is COc1cc(C#N)c(Cc2ccccc2C)c(C#N)c1O. The second-order valence-electron chi connectivity index (χ2n) is 4.66. The number of nitriles is 2. The van der Waals surface area contributed by atoms with Crippen LogP contribution in [0.25, 0.3) is 0 Å². The molecule has 21 heavy (non-hydrogen) atoms. The van der Waals surface area contributed by atoms with Gasteiger partial charge in [-0.15, -0.1) is 0 Å². The van der Waals surface area contributed by atoms with E-state index in [0.717, 1.165) is 11.1 Å². The van der Waals surface area contributed by atoms with E-state index in [1.807, 2.05) is 37.3 Å². The third-order valence-corrected chi connectivity index (χ3v) is 3.45. The Kier molecular flexibility index (Phi) is 4.11. The minimum Gasteiger partial charge on any atom is -0.503 e. The zero-order chi connectivity index (χ0) is 15.4. The quantitative estimate of drug-likeness (QED) is 0.936. The van der Waals surface area contributed by atoms with Crippen molar-refractivity contribution in [1.29, 1.82) is 10.5 Å². The van der Waals surface area contributed by atoms with E-state index in [4.69, 9.17) is 4.74 Å². The molecular formula is C17H14N2O2. The Hall–Kier alpha value is -2.98. The zero-order valence-corrected chi connectivity index (χ0v) is 11.8. The molecule has 4 nitrogen and oxygen atoms in total. The number of phenolic OH excluding ortho intramolecular Hbond substituents is 1. The molecular weight excluding hydrogens is 264 g/mol. The molecule has 0 aliphatic heterocycles. The molecule has 104 valence electrons. The van der Waals surface area contributed by atoms with Crippen molar-refractivity contribution in [2.45, 2.75) is 13.3 Å². The summed E-state index contributed by atoms with van der Waals surface area (Å²) in [6, 6.07) is 13.3. The van der Waals surface area contributed by atoms with Gasteiger partial charge in [0.25, 0.3) is 0 Å². The first-order chi connectivity index (χ1) is 10.1. The molecule has 1 N–H and O–H groups in total. The van der Waals surface area contributed by atoms with Gasteiger partial charge in [0, 0.05) is 12.5 Å². The number of hydrogen-bond acceptors (Lipinski definition) is 4.